The molecule has 4 atom stereocenters. The molecule has 1 N–H and O–H groups in total. The third-order valence-electron chi connectivity index (χ3n) is 5.86. The van der Waals surface area contributed by atoms with Crippen LogP contribution >= 0.6 is 0 Å². The number of carbonyl (C=O) groups is 3. The lowest BCUT2D eigenvalue weighted by Gasteiger charge is -2.29. The van der Waals surface area contributed by atoms with Crippen molar-refractivity contribution in [1.29, 1.82) is 0 Å². The molecule has 1 aliphatic heterocycles. The second kappa shape index (κ2) is 5.69. The molecule has 3 aliphatic rings. The first-order valence-electron chi connectivity index (χ1n) is 8.65. The molecule has 2 bridgehead atoms. The van der Waals surface area contributed by atoms with Gasteiger partial charge in [-0.3, -0.25) is 24.3 Å². The van der Waals surface area contributed by atoms with Gasteiger partial charge >= 0.3 is 0 Å². The van der Waals surface area contributed by atoms with E-state index in [1.807, 2.05) is 6.92 Å². The molecule has 2 aliphatic carbocycles. The predicted octanol–water partition coefficient (Wildman–Crippen LogP) is 1.62. The number of rotatable bonds is 4. The van der Waals surface area contributed by atoms with Crippen molar-refractivity contribution in [3.8, 4) is 0 Å². The minimum Gasteiger partial charge on any atom is -0.352 e. The molecule has 0 spiro atoms. The number of carbonyl (C=O) groups excluding carboxylic acids is 3. The van der Waals surface area contributed by atoms with E-state index in [2.05, 4.69) is 10.3 Å². The fourth-order valence-electron chi connectivity index (χ4n) is 4.71. The molecule has 0 saturated heterocycles. The van der Waals surface area contributed by atoms with Gasteiger partial charge in [-0.1, -0.05) is 6.42 Å². The second-order valence-electron chi connectivity index (χ2n) is 7.29. The van der Waals surface area contributed by atoms with Crippen molar-refractivity contribution in [3.05, 3.63) is 29.6 Å². The Morgan fingerprint density at radius 3 is 2.83 bits per heavy atom. The first kappa shape index (κ1) is 15.3. The number of nitrogens with one attached hydrogen (secondary N) is 1. The van der Waals surface area contributed by atoms with E-state index in [0.717, 1.165) is 10.8 Å². The molecular formula is C18H21N3O3. The van der Waals surface area contributed by atoms with Gasteiger partial charge in [0.2, 0.25) is 5.91 Å². The monoisotopic (exact) mass is 327 g/mol. The van der Waals surface area contributed by atoms with Crippen molar-refractivity contribution in [1.82, 2.24) is 15.2 Å². The Hall–Kier alpha value is -2.24. The van der Waals surface area contributed by atoms with Crippen LogP contribution in [0.4, 0.5) is 0 Å². The first-order chi connectivity index (χ1) is 11.5. The van der Waals surface area contributed by atoms with Crippen molar-refractivity contribution in [2.75, 3.05) is 6.54 Å². The number of hydrogen-bond acceptors (Lipinski definition) is 4. The van der Waals surface area contributed by atoms with Crippen LogP contribution in [0.15, 0.2) is 18.3 Å². The van der Waals surface area contributed by atoms with Crippen LogP contribution in [-0.4, -0.2) is 40.2 Å². The van der Waals surface area contributed by atoms with Crippen LogP contribution in [-0.2, 0) is 4.79 Å². The summed E-state index contributed by atoms with van der Waals surface area (Å²) in [6.45, 7) is 1.80. The number of imide groups is 1. The molecule has 126 valence electrons. The zero-order chi connectivity index (χ0) is 16.8. The summed E-state index contributed by atoms with van der Waals surface area (Å²) in [5.74, 6) is 0.857. The van der Waals surface area contributed by atoms with Gasteiger partial charge in [0.25, 0.3) is 11.8 Å². The van der Waals surface area contributed by atoms with Crippen LogP contribution < -0.4 is 5.32 Å². The molecule has 2 saturated carbocycles. The van der Waals surface area contributed by atoms with Crippen molar-refractivity contribution in [2.45, 2.75) is 38.6 Å². The Morgan fingerprint density at radius 1 is 1.33 bits per heavy atom. The largest absolute Gasteiger partial charge is 0.352 e. The lowest BCUT2D eigenvalue weighted by Crippen LogP contribution is -2.46. The van der Waals surface area contributed by atoms with E-state index in [9.17, 15) is 14.4 Å². The SMILES string of the molecule is CC(NC(=O)CN1C(=O)c2cccnc2C1=O)C1CC2CCC1C2. The van der Waals surface area contributed by atoms with Crippen LogP contribution in [0.3, 0.4) is 0 Å². The van der Waals surface area contributed by atoms with Gasteiger partial charge in [-0.2, -0.15) is 0 Å². The average Bonchev–Trinajstić information content (AvgIpc) is 3.26. The van der Waals surface area contributed by atoms with Gasteiger partial charge in [0.15, 0.2) is 0 Å². The highest BCUT2D eigenvalue weighted by Gasteiger charge is 2.43. The van der Waals surface area contributed by atoms with Gasteiger partial charge in [0.05, 0.1) is 5.56 Å². The first-order valence-corrected chi connectivity index (χ1v) is 8.65. The summed E-state index contributed by atoms with van der Waals surface area (Å²) in [6.07, 6.45) is 6.53. The molecule has 6 nitrogen and oxygen atoms in total. The molecular weight excluding hydrogens is 306 g/mol. The normalized spacial score (nSPS) is 29.0. The minimum absolute atomic E-state index is 0.0844. The minimum atomic E-state index is -0.488. The summed E-state index contributed by atoms with van der Waals surface area (Å²) < 4.78 is 0. The van der Waals surface area contributed by atoms with Gasteiger partial charge in [-0.15, -0.1) is 0 Å². The number of amides is 3. The molecule has 24 heavy (non-hydrogen) atoms. The molecule has 2 heterocycles. The predicted molar refractivity (Wildman–Crippen MR) is 86.1 cm³/mol. The zero-order valence-corrected chi connectivity index (χ0v) is 13.7. The van der Waals surface area contributed by atoms with Gasteiger partial charge in [0, 0.05) is 12.2 Å². The number of nitrogens with zero attached hydrogens (tertiary/aromatic N) is 2. The summed E-state index contributed by atoms with van der Waals surface area (Å²) in [6, 6.07) is 3.27. The van der Waals surface area contributed by atoms with E-state index in [-0.39, 0.29) is 29.8 Å². The van der Waals surface area contributed by atoms with Crippen LogP contribution in [0.25, 0.3) is 0 Å². The van der Waals surface area contributed by atoms with E-state index < -0.39 is 11.8 Å². The molecule has 0 radical (unpaired) electrons. The van der Waals surface area contributed by atoms with E-state index in [1.54, 1.807) is 12.1 Å². The molecule has 0 aromatic carbocycles. The molecule has 1 aromatic rings. The Balaban J connectivity index is 1.38. The van der Waals surface area contributed by atoms with Gasteiger partial charge in [-0.05, 0) is 56.1 Å². The highest BCUT2D eigenvalue weighted by molar-refractivity contribution is 6.21. The third kappa shape index (κ3) is 2.41. The summed E-state index contributed by atoms with van der Waals surface area (Å²) in [5, 5.41) is 3.00. The number of hydrogen-bond donors (Lipinski definition) is 1. The second-order valence-corrected chi connectivity index (χ2v) is 7.29. The van der Waals surface area contributed by atoms with E-state index in [0.29, 0.717) is 11.8 Å². The van der Waals surface area contributed by atoms with Gasteiger partial charge < -0.3 is 5.32 Å². The molecule has 4 rings (SSSR count). The Labute approximate surface area is 140 Å². The molecule has 2 fully saturated rings. The van der Waals surface area contributed by atoms with E-state index in [1.165, 1.54) is 31.9 Å². The van der Waals surface area contributed by atoms with Crippen molar-refractivity contribution in [3.63, 3.8) is 0 Å². The number of pyridine rings is 1. The maximum atomic E-state index is 12.3. The Kier molecular flexibility index (Phi) is 3.62. The maximum absolute atomic E-state index is 12.3. The molecule has 6 heteroatoms. The molecule has 1 aromatic heterocycles. The quantitative estimate of drug-likeness (QED) is 0.852. The standard InChI is InChI=1S/C18H21N3O3/c1-10(14-8-11-4-5-12(14)7-11)20-15(22)9-21-17(23)13-3-2-6-19-16(13)18(21)24/h2-3,6,10-12,14H,4-5,7-9H2,1H3,(H,20,22). The number of aromatic nitrogens is 1. The topological polar surface area (TPSA) is 79.4 Å². The average molecular weight is 327 g/mol. The lowest BCUT2D eigenvalue weighted by atomic mass is 9.84. The van der Waals surface area contributed by atoms with Gasteiger partial charge in [0.1, 0.15) is 12.2 Å². The Bertz CT molecular complexity index is 682. The summed E-state index contributed by atoms with van der Waals surface area (Å²) >= 11 is 0. The van der Waals surface area contributed by atoms with E-state index >= 15 is 0 Å². The molecule has 3 amide bonds. The van der Waals surface area contributed by atoms with E-state index in [4.69, 9.17) is 0 Å². The molecule has 4 unspecified atom stereocenters. The highest BCUT2D eigenvalue weighted by atomic mass is 16.2. The fraction of sp³-hybridized carbons (Fsp3) is 0.556. The van der Waals surface area contributed by atoms with Crippen molar-refractivity contribution in [2.24, 2.45) is 17.8 Å². The van der Waals surface area contributed by atoms with Crippen molar-refractivity contribution >= 4 is 17.7 Å². The fourth-order valence-corrected chi connectivity index (χ4v) is 4.71. The van der Waals surface area contributed by atoms with Gasteiger partial charge in [-0.25, -0.2) is 0 Å². The lowest BCUT2D eigenvalue weighted by molar-refractivity contribution is -0.122. The Morgan fingerprint density at radius 2 is 2.17 bits per heavy atom. The van der Waals surface area contributed by atoms with Crippen LogP contribution in [0, 0.1) is 17.8 Å². The van der Waals surface area contributed by atoms with Crippen LogP contribution in [0.1, 0.15) is 53.5 Å². The summed E-state index contributed by atoms with van der Waals surface area (Å²) in [7, 11) is 0. The maximum Gasteiger partial charge on any atom is 0.280 e. The van der Waals surface area contributed by atoms with Crippen LogP contribution in [0.5, 0.6) is 0 Å². The van der Waals surface area contributed by atoms with Crippen molar-refractivity contribution < 1.29 is 14.4 Å². The smallest absolute Gasteiger partial charge is 0.280 e. The summed E-state index contributed by atoms with van der Waals surface area (Å²) in [5.41, 5.74) is 0.410. The summed E-state index contributed by atoms with van der Waals surface area (Å²) in [4.78, 5) is 41.8. The number of fused-ring (bicyclic) bond motifs is 3. The van der Waals surface area contributed by atoms with Crippen LogP contribution in [0.2, 0.25) is 0 Å². The third-order valence-corrected chi connectivity index (χ3v) is 5.86. The highest BCUT2D eigenvalue weighted by Crippen LogP contribution is 2.49. The zero-order valence-electron chi connectivity index (χ0n) is 13.7.